The van der Waals surface area contributed by atoms with Gasteiger partial charge in [-0.1, -0.05) is 6.07 Å². The van der Waals surface area contributed by atoms with Crippen LogP contribution in [0, 0.1) is 5.92 Å². The van der Waals surface area contributed by atoms with Gasteiger partial charge in [0.25, 0.3) is 5.91 Å². The monoisotopic (exact) mass is 303 g/mol. The summed E-state index contributed by atoms with van der Waals surface area (Å²) in [4.78, 5) is 36.0. The Bertz CT molecular complexity index is 529. The highest BCUT2D eigenvalue weighted by atomic mass is 16.7. The maximum Gasteiger partial charge on any atom is 0.251 e. The van der Waals surface area contributed by atoms with Crippen LogP contribution >= 0.6 is 0 Å². The molecule has 2 saturated heterocycles. The van der Waals surface area contributed by atoms with Gasteiger partial charge in [0.05, 0.1) is 24.8 Å². The van der Waals surface area contributed by atoms with Crippen LogP contribution in [0.25, 0.3) is 0 Å². The van der Waals surface area contributed by atoms with Crippen molar-refractivity contribution >= 4 is 11.8 Å². The molecule has 0 spiro atoms. The zero-order chi connectivity index (χ0) is 15.4. The molecule has 118 valence electrons. The predicted molar refractivity (Wildman–Crippen MR) is 79.3 cm³/mol. The van der Waals surface area contributed by atoms with Gasteiger partial charge in [-0.15, -0.1) is 0 Å². The van der Waals surface area contributed by atoms with Gasteiger partial charge in [0, 0.05) is 25.7 Å². The van der Waals surface area contributed by atoms with Crippen molar-refractivity contribution in [3.8, 4) is 0 Å². The molecule has 0 radical (unpaired) electrons. The summed E-state index contributed by atoms with van der Waals surface area (Å²) >= 11 is 0. The standard InChI is InChI=1S/C16H21N3O3/c20-15-7-6-13(16(21)19-9-3-4-10-22-19)11-18(15)12-14-5-1-2-8-17-14/h1-2,5,8,13H,3-4,6-7,9-12H2. The number of rotatable bonds is 3. The van der Waals surface area contributed by atoms with Crippen LogP contribution in [-0.2, 0) is 21.0 Å². The number of likely N-dealkylation sites (tertiary alicyclic amines) is 1. The molecule has 0 aliphatic carbocycles. The van der Waals surface area contributed by atoms with Gasteiger partial charge in [-0.2, -0.15) is 0 Å². The summed E-state index contributed by atoms with van der Waals surface area (Å²) in [6.45, 7) is 2.18. The molecular formula is C16H21N3O3. The van der Waals surface area contributed by atoms with E-state index in [0.29, 0.717) is 39.1 Å². The zero-order valence-electron chi connectivity index (χ0n) is 12.6. The molecule has 0 bridgehead atoms. The minimum Gasteiger partial charge on any atom is -0.336 e. The molecule has 2 amide bonds. The lowest BCUT2D eigenvalue weighted by Gasteiger charge is -2.35. The van der Waals surface area contributed by atoms with Crippen LogP contribution < -0.4 is 0 Å². The van der Waals surface area contributed by atoms with Gasteiger partial charge in [0.2, 0.25) is 5.91 Å². The first kappa shape index (κ1) is 15.0. The molecule has 0 aromatic carbocycles. The molecule has 2 fully saturated rings. The van der Waals surface area contributed by atoms with Gasteiger partial charge in [0.1, 0.15) is 0 Å². The van der Waals surface area contributed by atoms with E-state index in [1.54, 1.807) is 11.1 Å². The van der Waals surface area contributed by atoms with E-state index in [1.807, 2.05) is 18.2 Å². The Balaban J connectivity index is 1.62. The number of aromatic nitrogens is 1. The maximum atomic E-state index is 12.5. The molecule has 3 rings (SSSR count). The average molecular weight is 303 g/mol. The van der Waals surface area contributed by atoms with Crippen LogP contribution in [0.15, 0.2) is 24.4 Å². The minimum atomic E-state index is -0.167. The number of pyridine rings is 1. The van der Waals surface area contributed by atoms with Gasteiger partial charge in [-0.25, -0.2) is 5.06 Å². The van der Waals surface area contributed by atoms with E-state index in [-0.39, 0.29) is 17.7 Å². The molecule has 0 N–H and O–H groups in total. The summed E-state index contributed by atoms with van der Waals surface area (Å²) in [5, 5.41) is 1.49. The summed E-state index contributed by atoms with van der Waals surface area (Å²) in [6.07, 6.45) is 4.72. The molecular weight excluding hydrogens is 282 g/mol. The number of piperidine rings is 1. The first-order chi connectivity index (χ1) is 10.7. The molecule has 1 unspecified atom stereocenters. The Hall–Kier alpha value is -1.95. The smallest absolute Gasteiger partial charge is 0.251 e. The fourth-order valence-corrected chi connectivity index (χ4v) is 2.93. The van der Waals surface area contributed by atoms with Crippen LogP contribution in [0.3, 0.4) is 0 Å². The predicted octanol–water partition coefficient (Wildman–Crippen LogP) is 1.37. The number of hydrogen-bond donors (Lipinski definition) is 0. The van der Waals surface area contributed by atoms with E-state index in [1.165, 1.54) is 5.06 Å². The summed E-state index contributed by atoms with van der Waals surface area (Å²) in [5.74, 6) is -0.0630. The molecule has 1 atom stereocenters. The van der Waals surface area contributed by atoms with Crippen molar-refractivity contribution in [2.75, 3.05) is 19.7 Å². The van der Waals surface area contributed by atoms with E-state index in [9.17, 15) is 9.59 Å². The Kier molecular flexibility index (Phi) is 4.68. The molecule has 6 heteroatoms. The molecule has 1 aromatic rings. The lowest BCUT2D eigenvalue weighted by molar-refractivity contribution is -0.202. The van der Waals surface area contributed by atoms with Crippen molar-refractivity contribution in [3.05, 3.63) is 30.1 Å². The van der Waals surface area contributed by atoms with Gasteiger partial charge in [-0.05, 0) is 31.4 Å². The van der Waals surface area contributed by atoms with Crippen molar-refractivity contribution in [2.45, 2.75) is 32.2 Å². The third kappa shape index (κ3) is 3.44. The molecule has 2 aliphatic rings. The van der Waals surface area contributed by atoms with Gasteiger partial charge < -0.3 is 4.90 Å². The normalized spacial score (nSPS) is 22.7. The molecule has 2 aliphatic heterocycles. The van der Waals surface area contributed by atoms with Crippen molar-refractivity contribution in [3.63, 3.8) is 0 Å². The Morgan fingerprint density at radius 2 is 2.27 bits per heavy atom. The summed E-state index contributed by atoms with van der Waals surface area (Å²) in [7, 11) is 0. The van der Waals surface area contributed by atoms with Gasteiger partial charge in [0.15, 0.2) is 0 Å². The molecule has 0 saturated carbocycles. The summed E-state index contributed by atoms with van der Waals surface area (Å²) in [6, 6.07) is 5.65. The number of hydrogen-bond acceptors (Lipinski definition) is 4. The fourth-order valence-electron chi connectivity index (χ4n) is 2.93. The topological polar surface area (TPSA) is 62.7 Å². The van der Waals surface area contributed by atoms with Gasteiger partial charge >= 0.3 is 0 Å². The third-order valence-corrected chi connectivity index (χ3v) is 4.18. The minimum absolute atomic E-state index is 0.0122. The second-order valence-corrected chi connectivity index (χ2v) is 5.81. The van der Waals surface area contributed by atoms with Crippen LogP contribution in [0.5, 0.6) is 0 Å². The van der Waals surface area contributed by atoms with Crippen molar-refractivity contribution in [1.82, 2.24) is 14.9 Å². The van der Waals surface area contributed by atoms with E-state index in [0.717, 1.165) is 18.5 Å². The number of carbonyl (C=O) groups excluding carboxylic acids is 2. The molecule has 1 aromatic heterocycles. The number of hydroxylamine groups is 2. The second kappa shape index (κ2) is 6.87. The Labute approximate surface area is 130 Å². The quantitative estimate of drug-likeness (QED) is 0.846. The second-order valence-electron chi connectivity index (χ2n) is 5.81. The lowest BCUT2D eigenvalue weighted by atomic mass is 9.96. The molecule has 22 heavy (non-hydrogen) atoms. The maximum absolute atomic E-state index is 12.5. The molecule has 3 heterocycles. The number of carbonyl (C=O) groups is 2. The first-order valence-electron chi connectivity index (χ1n) is 7.86. The van der Waals surface area contributed by atoms with Crippen LogP contribution in [0.4, 0.5) is 0 Å². The lowest BCUT2D eigenvalue weighted by Crippen LogP contribution is -2.47. The van der Waals surface area contributed by atoms with Crippen LogP contribution in [-0.4, -0.2) is 46.5 Å². The van der Waals surface area contributed by atoms with E-state index >= 15 is 0 Å². The highest BCUT2D eigenvalue weighted by Gasteiger charge is 2.33. The molecule has 6 nitrogen and oxygen atoms in total. The summed E-state index contributed by atoms with van der Waals surface area (Å²) < 4.78 is 0. The van der Waals surface area contributed by atoms with Gasteiger partial charge in [-0.3, -0.25) is 19.4 Å². The highest BCUT2D eigenvalue weighted by molar-refractivity contribution is 5.83. The largest absolute Gasteiger partial charge is 0.336 e. The van der Waals surface area contributed by atoms with Crippen molar-refractivity contribution < 1.29 is 14.4 Å². The van der Waals surface area contributed by atoms with E-state index in [4.69, 9.17) is 4.84 Å². The average Bonchev–Trinajstić information content (AvgIpc) is 2.58. The number of amides is 2. The Morgan fingerprint density at radius 3 is 3.00 bits per heavy atom. The summed E-state index contributed by atoms with van der Waals surface area (Å²) in [5.41, 5.74) is 0.846. The highest BCUT2D eigenvalue weighted by Crippen LogP contribution is 2.22. The van der Waals surface area contributed by atoms with Crippen molar-refractivity contribution in [1.29, 1.82) is 0 Å². The zero-order valence-corrected chi connectivity index (χ0v) is 12.6. The number of nitrogens with zero attached hydrogens (tertiary/aromatic N) is 3. The Morgan fingerprint density at radius 1 is 1.36 bits per heavy atom. The van der Waals surface area contributed by atoms with Crippen LogP contribution in [0.1, 0.15) is 31.4 Å². The SMILES string of the molecule is O=C1CCC(C(=O)N2CCCCO2)CN1Cc1ccccn1. The van der Waals surface area contributed by atoms with E-state index in [2.05, 4.69) is 4.98 Å². The first-order valence-corrected chi connectivity index (χ1v) is 7.86. The van der Waals surface area contributed by atoms with Crippen molar-refractivity contribution in [2.24, 2.45) is 5.92 Å². The van der Waals surface area contributed by atoms with Crippen LogP contribution in [0.2, 0.25) is 0 Å². The third-order valence-electron chi connectivity index (χ3n) is 4.18. The fraction of sp³-hybridized carbons (Fsp3) is 0.562. The van der Waals surface area contributed by atoms with E-state index < -0.39 is 0 Å².